The van der Waals surface area contributed by atoms with Gasteiger partial charge in [-0.05, 0) is 32.0 Å². The third-order valence-electron chi connectivity index (χ3n) is 5.17. The quantitative estimate of drug-likeness (QED) is 0.786. The van der Waals surface area contributed by atoms with Crippen LogP contribution in [0.1, 0.15) is 31.1 Å². The summed E-state index contributed by atoms with van der Waals surface area (Å²) in [6, 6.07) is 5.95. The number of hydrogen-bond acceptors (Lipinski definition) is 2. The van der Waals surface area contributed by atoms with E-state index < -0.39 is 17.7 Å². The van der Waals surface area contributed by atoms with Crippen LogP contribution in [0.15, 0.2) is 36.5 Å². The van der Waals surface area contributed by atoms with Gasteiger partial charge in [0.25, 0.3) is 0 Å². The maximum Gasteiger partial charge on any atom is 0.320 e. The molecular weight excluding hydrogens is 378 g/mol. The summed E-state index contributed by atoms with van der Waals surface area (Å²) in [4.78, 5) is 30.2. The second kappa shape index (κ2) is 8.23. The molecule has 2 heterocycles. The summed E-state index contributed by atoms with van der Waals surface area (Å²) in [6.07, 6.45) is 1.88. The summed E-state index contributed by atoms with van der Waals surface area (Å²) in [7, 11) is 3.26. The molecule has 0 saturated carbocycles. The molecule has 156 valence electrons. The van der Waals surface area contributed by atoms with Crippen molar-refractivity contribution in [2.24, 2.45) is 0 Å². The normalized spacial score (nSPS) is 16.0. The lowest BCUT2D eigenvalue weighted by Gasteiger charge is -2.39. The van der Waals surface area contributed by atoms with E-state index in [0.717, 1.165) is 11.8 Å². The number of rotatable bonds is 4. The fourth-order valence-electron chi connectivity index (χ4n) is 3.67. The highest BCUT2D eigenvalue weighted by Gasteiger charge is 2.35. The average Bonchev–Trinajstić information content (AvgIpc) is 3.13. The van der Waals surface area contributed by atoms with Gasteiger partial charge in [0.2, 0.25) is 5.91 Å². The minimum atomic E-state index is -0.701. The van der Waals surface area contributed by atoms with E-state index in [1.54, 1.807) is 19.0 Å². The number of carbonyl (C=O) groups excluding carboxylic acids is 2. The van der Waals surface area contributed by atoms with Crippen molar-refractivity contribution in [1.82, 2.24) is 19.3 Å². The number of nitrogens with zero attached hydrogens (tertiary/aromatic N) is 4. The first-order chi connectivity index (χ1) is 13.7. The Balaban J connectivity index is 1.96. The Hall–Kier alpha value is -2.90. The molecule has 0 radical (unpaired) electrons. The highest BCUT2D eigenvalue weighted by Crippen LogP contribution is 2.34. The van der Waals surface area contributed by atoms with Gasteiger partial charge in [-0.25, -0.2) is 13.6 Å². The van der Waals surface area contributed by atoms with Crippen molar-refractivity contribution in [2.45, 2.75) is 32.5 Å². The first-order valence-electron chi connectivity index (χ1n) is 9.58. The molecule has 1 aromatic heterocycles. The van der Waals surface area contributed by atoms with Crippen molar-refractivity contribution in [3.05, 3.63) is 59.4 Å². The predicted octanol–water partition coefficient (Wildman–Crippen LogP) is 3.09. The molecule has 1 unspecified atom stereocenters. The molecule has 29 heavy (non-hydrogen) atoms. The van der Waals surface area contributed by atoms with Gasteiger partial charge in [0.1, 0.15) is 24.2 Å². The van der Waals surface area contributed by atoms with Crippen LogP contribution >= 0.6 is 0 Å². The molecule has 1 aromatic carbocycles. The third-order valence-corrected chi connectivity index (χ3v) is 5.17. The Morgan fingerprint density at radius 1 is 1.17 bits per heavy atom. The highest BCUT2D eigenvalue weighted by molar-refractivity contribution is 5.85. The molecule has 0 aliphatic carbocycles. The molecule has 0 spiro atoms. The van der Waals surface area contributed by atoms with Crippen LogP contribution in [0.25, 0.3) is 0 Å². The van der Waals surface area contributed by atoms with Crippen molar-refractivity contribution in [1.29, 1.82) is 0 Å². The highest BCUT2D eigenvalue weighted by atomic mass is 19.1. The van der Waals surface area contributed by atoms with Crippen molar-refractivity contribution in [3.8, 4) is 0 Å². The minimum Gasteiger partial charge on any atom is -0.348 e. The topological polar surface area (TPSA) is 48.8 Å². The van der Waals surface area contributed by atoms with Gasteiger partial charge < -0.3 is 19.3 Å². The molecule has 2 aromatic rings. The Morgan fingerprint density at radius 2 is 1.90 bits per heavy atom. The molecular formula is C21H26F2N4O2. The van der Waals surface area contributed by atoms with Crippen LogP contribution < -0.4 is 0 Å². The number of fused-ring (bicyclic) bond motifs is 1. The van der Waals surface area contributed by atoms with E-state index in [1.807, 2.05) is 36.7 Å². The monoisotopic (exact) mass is 404 g/mol. The number of halogens is 2. The lowest BCUT2D eigenvalue weighted by Crippen LogP contribution is -2.51. The number of hydrogen-bond donors (Lipinski definition) is 0. The maximum atomic E-state index is 14.6. The fourth-order valence-corrected chi connectivity index (χ4v) is 3.67. The number of carbonyl (C=O) groups is 2. The summed E-state index contributed by atoms with van der Waals surface area (Å²) in [6.45, 7) is 4.50. The van der Waals surface area contributed by atoms with Gasteiger partial charge in [0, 0.05) is 56.7 Å². The largest absolute Gasteiger partial charge is 0.348 e. The molecule has 1 aliphatic heterocycles. The molecule has 0 fully saturated rings. The van der Waals surface area contributed by atoms with Crippen LogP contribution in [0.3, 0.4) is 0 Å². The molecule has 8 heteroatoms. The summed E-state index contributed by atoms with van der Waals surface area (Å²) >= 11 is 0. The lowest BCUT2D eigenvalue weighted by atomic mass is 9.99. The van der Waals surface area contributed by atoms with E-state index in [9.17, 15) is 18.4 Å². The van der Waals surface area contributed by atoms with Gasteiger partial charge in [0.05, 0.1) is 0 Å². The molecule has 0 saturated heterocycles. The number of urea groups is 1. The first kappa shape index (κ1) is 20.8. The third kappa shape index (κ3) is 4.11. The standard InChI is InChI=1S/C21H26F2N4O2/c1-14(2)27(21(29)24(3)4)13-19(28)26-11-10-25-9-5-6-18(25)20(26)16-8-7-15(22)12-17(16)23/h5-9,12,14,20H,10-11,13H2,1-4H3. The van der Waals surface area contributed by atoms with Gasteiger partial charge in [-0.1, -0.05) is 6.07 Å². The molecule has 3 rings (SSSR count). The zero-order valence-electron chi connectivity index (χ0n) is 17.1. The summed E-state index contributed by atoms with van der Waals surface area (Å²) < 4.78 is 30.1. The number of aromatic nitrogens is 1. The van der Waals surface area contributed by atoms with Crippen LogP contribution in [0.4, 0.5) is 13.6 Å². The second-order valence-electron chi connectivity index (χ2n) is 7.68. The van der Waals surface area contributed by atoms with E-state index >= 15 is 0 Å². The van der Waals surface area contributed by atoms with E-state index in [0.29, 0.717) is 13.1 Å². The Morgan fingerprint density at radius 3 is 2.52 bits per heavy atom. The van der Waals surface area contributed by atoms with Crippen LogP contribution in [-0.4, -0.2) is 64.4 Å². The van der Waals surface area contributed by atoms with Gasteiger partial charge in [-0.2, -0.15) is 0 Å². The molecule has 3 amide bonds. The Kier molecular flexibility index (Phi) is 5.91. The Labute approximate surface area is 169 Å². The van der Waals surface area contributed by atoms with E-state index in [4.69, 9.17) is 0 Å². The first-order valence-corrected chi connectivity index (χ1v) is 9.58. The minimum absolute atomic E-state index is 0.116. The lowest BCUT2D eigenvalue weighted by molar-refractivity contribution is -0.135. The predicted molar refractivity (Wildman–Crippen MR) is 105 cm³/mol. The van der Waals surface area contributed by atoms with E-state index in [2.05, 4.69) is 0 Å². The number of amides is 3. The molecule has 0 bridgehead atoms. The van der Waals surface area contributed by atoms with Crippen LogP contribution in [-0.2, 0) is 11.3 Å². The smallest absolute Gasteiger partial charge is 0.320 e. The summed E-state index contributed by atoms with van der Waals surface area (Å²) in [5.74, 6) is -1.65. The van der Waals surface area contributed by atoms with Crippen LogP contribution in [0.5, 0.6) is 0 Å². The van der Waals surface area contributed by atoms with Crippen molar-refractivity contribution < 1.29 is 18.4 Å². The van der Waals surface area contributed by atoms with Gasteiger partial charge in [-0.15, -0.1) is 0 Å². The van der Waals surface area contributed by atoms with Gasteiger partial charge >= 0.3 is 6.03 Å². The van der Waals surface area contributed by atoms with Crippen molar-refractivity contribution in [3.63, 3.8) is 0 Å². The molecule has 1 atom stereocenters. The van der Waals surface area contributed by atoms with Crippen LogP contribution in [0, 0.1) is 11.6 Å². The van der Waals surface area contributed by atoms with Gasteiger partial charge in [0.15, 0.2) is 0 Å². The zero-order valence-corrected chi connectivity index (χ0v) is 17.1. The van der Waals surface area contributed by atoms with Gasteiger partial charge in [-0.3, -0.25) is 4.79 Å². The Bertz CT molecular complexity index is 910. The zero-order chi connectivity index (χ0) is 21.3. The fraction of sp³-hybridized carbons (Fsp3) is 0.429. The second-order valence-corrected chi connectivity index (χ2v) is 7.68. The number of benzene rings is 1. The van der Waals surface area contributed by atoms with E-state index in [1.165, 1.54) is 21.9 Å². The van der Waals surface area contributed by atoms with Crippen molar-refractivity contribution >= 4 is 11.9 Å². The average molecular weight is 404 g/mol. The SMILES string of the molecule is CC(C)N(CC(=O)N1CCn2cccc2C1c1ccc(F)cc1F)C(=O)N(C)C. The van der Waals surface area contributed by atoms with Crippen LogP contribution in [0.2, 0.25) is 0 Å². The molecule has 6 nitrogen and oxygen atoms in total. The van der Waals surface area contributed by atoms with Crippen molar-refractivity contribution in [2.75, 3.05) is 27.2 Å². The van der Waals surface area contributed by atoms with E-state index in [-0.39, 0.29) is 30.1 Å². The maximum absolute atomic E-state index is 14.6. The summed E-state index contributed by atoms with van der Waals surface area (Å²) in [5.41, 5.74) is 0.986. The summed E-state index contributed by atoms with van der Waals surface area (Å²) in [5, 5.41) is 0. The molecule has 0 N–H and O–H groups in total. The molecule has 1 aliphatic rings.